The van der Waals surface area contributed by atoms with Crippen LogP contribution in [-0.2, 0) is 12.7 Å². The average Bonchev–Trinajstić information content (AvgIpc) is 3.12. The van der Waals surface area contributed by atoms with Crippen LogP contribution >= 0.6 is 0 Å². The van der Waals surface area contributed by atoms with Gasteiger partial charge in [-0.2, -0.15) is 18.3 Å². The van der Waals surface area contributed by atoms with E-state index in [1.165, 1.54) is 12.3 Å². The summed E-state index contributed by atoms with van der Waals surface area (Å²) < 4.78 is 40.6. The van der Waals surface area contributed by atoms with E-state index >= 15 is 0 Å². The molecule has 0 fully saturated rings. The summed E-state index contributed by atoms with van der Waals surface area (Å²) in [7, 11) is 0. The van der Waals surface area contributed by atoms with Gasteiger partial charge < -0.3 is 5.32 Å². The Hall–Kier alpha value is -3.68. The molecule has 0 saturated heterocycles. The lowest BCUT2D eigenvalue weighted by Crippen LogP contribution is -2.26. The third-order valence-electron chi connectivity index (χ3n) is 5.42. The molecule has 4 aromatic rings. The van der Waals surface area contributed by atoms with E-state index < -0.39 is 17.6 Å². The molecule has 33 heavy (non-hydrogen) atoms. The van der Waals surface area contributed by atoms with Gasteiger partial charge in [-0.05, 0) is 36.1 Å². The number of fused-ring (bicyclic) bond motifs is 1. The first kappa shape index (κ1) is 22.5. The first-order valence-electron chi connectivity index (χ1n) is 10.5. The van der Waals surface area contributed by atoms with E-state index in [4.69, 9.17) is 0 Å². The van der Waals surface area contributed by atoms with Gasteiger partial charge >= 0.3 is 6.18 Å². The van der Waals surface area contributed by atoms with Gasteiger partial charge in [0.25, 0.3) is 5.91 Å². The van der Waals surface area contributed by atoms with Crippen LogP contribution in [0.1, 0.15) is 52.6 Å². The van der Waals surface area contributed by atoms with E-state index in [1.807, 2.05) is 51.1 Å². The Morgan fingerprint density at radius 2 is 1.82 bits per heavy atom. The number of aromatic nitrogens is 3. The van der Waals surface area contributed by atoms with Crippen LogP contribution in [0.15, 0.2) is 60.8 Å². The number of alkyl halides is 3. The molecule has 2 aromatic carbocycles. The highest BCUT2D eigenvalue weighted by Gasteiger charge is 2.30. The molecule has 0 radical (unpaired) electrons. The van der Waals surface area contributed by atoms with E-state index in [0.717, 1.165) is 29.0 Å². The molecule has 1 amide bonds. The Bertz CT molecular complexity index is 1310. The number of hydrogen-bond acceptors (Lipinski definition) is 3. The summed E-state index contributed by atoms with van der Waals surface area (Å²) in [5, 5.41) is 7.38. The van der Waals surface area contributed by atoms with Crippen LogP contribution in [0.3, 0.4) is 0 Å². The summed E-state index contributed by atoms with van der Waals surface area (Å²) in [4.78, 5) is 17.6. The molecule has 170 valence electrons. The minimum Gasteiger partial charge on any atom is -0.348 e. The van der Waals surface area contributed by atoms with Gasteiger partial charge in [0.2, 0.25) is 0 Å². The quantitative estimate of drug-likeness (QED) is 0.418. The number of nitrogens with one attached hydrogen (secondary N) is 1. The number of aryl methyl sites for hydroxylation is 1. The molecule has 0 saturated carbocycles. The van der Waals surface area contributed by atoms with Crippen molar-refractivity contribution in [3.05, 3.63) is 88.9 Å². The van der Waals surface area contributed by atoms with Crippen molar-refractivity contribution in [3.63, 3.8) is 0 Å². The number of carbonyl (C=O) groups excluding carboxylic acids is 1. The van der Waals surface area contributed by atoms with Crippen LogP contribution in [-0.4, -0.2) is 20.5 Å². The zero-order valence-corrected chi connectivity index (χ0v) is 18.4. The topological polar surface area (TPSA) is 59.3 Å². The fourth-order valence-electron chi connectivity index (χ4n) is 3.92. The van der Waals surface area contributed by atoms with Crippen molar-refractivity contribution in [1.29, 1.82) is 0 Å². The smallest absolute Gasteiger partial charge is 0.348 e. The van der Waals surface area contributed by atoms with Crippen molar-refractivity contribution in [1.82, 2.24) is 19.9 Å². The van der Waals surface area contributed by atoms with Crippen molar-refractivity contribution in [2.75, 3.05) is 0 Å². The lowest BCUT2D eigenvalue weighted by atomic mass is 10.0. The molecule has 0 spiro atoms. The number of rotatable bonds is 5. The molecule has 2 heterocycles. The minimum absolute atomic E-state index is 0.0360. The van der Waals surface area contributed by atoms with Crippen LogP contribution in [0.25, 0.3) is 16.8 Å². The van der Waals surface area contributed by atoms with Crippen molar-refractivity contribution >= 4 is 11.6 Å². The Balaban J connectivity index is 1.68. The van der Waals surface area contributed by atoms with Crippen LogP contribution in [0, 0.1) is 6.92 Å². The molecule has 0 unspecified atom stereocenters. The lowest BCUT2D eigenvalue weighted by Gasteiger charge is -2.15. The molecule has 1 N–H and O–H groups in total. The Morgan fingerprint density at radius 3 is 2.48 bits per heavy atom. The second-order valence-electron chi connectivity index (χ2n) is 8.15. The maximum atomic E-state index is 13.0. The first-order valence-corrected chi connectivity index (χ1v) is 10.5. The highest BCUT2D eigenvalue weighted by atomic mass is 19.4. The second kappa shape index (κ2) is 8.69. The Labute approximate surface area is 189 Å². The van der Waals surface area contributed by atoms with Crippen LogP contribution in [0.5, 0.6) is 0 Å². The van der Waals surface area contributed by atoms with Gasteiger partial charge in [0.1, 0.15) is 0 Å². The van der Waals surface area contributed by atoms with Crippen molar-refractivity contribution < 1.29 is 18.0 Å². The van der Waals surface area contributed by atoms with E-state index in [1.54, 1.807) is 10.6 Å². The summed E-state index contributed by atoms with van der Waals surface area (Å²) in [6.45, 7) is 5.77. The SMILES string of the molecule is Cc1nn2c(C(C)C)c(C(=O)NCc3cccc(C(F)(F)F)c3)cnc2c1-c1ccccc1. The fraction of sp³-hybridized carbons (Fsp3) is 0.240. The number of halogens is 3. The first-order chi connectivity index (χ1) is 15.7. The lowest BCUT2D eigenvalue weighted by molar-refractivity contribution is -0.137. The maximum absolute atomic E-state index is 13.0. The van der Waals surface area contributed by atoms with Gasteiger partial charge in [0.15, 0.2) is 5.65 Å². The molecule has 0 bridgehead atoms. The van der Waals surface area contributed by atoms with E-state index in [-0.39, 0.29) is 12.5 Å². The molecular formula is C25H23F3N4O. The van der Waals surface area contributed by atoms with Gasteiger partial charge in [-0.25, -0.2) is 9.50 Å². The van der Waals surface area contributed by atoms with E-state index in [9.17, 15) is 18.0 Å². The molecule has 0 atom stereocenters. The molecule has 4 rings (SSSR count). The molecule has 2 aromatic heterocycles. The summed E-state index contributed by atoms with van der Waals surface area (Å²) in [6.07, 6.45) is -2.92. The van der Waals surface area contributed by atoms with Crippen molar-refractivity contribution in [2.45, 2.75) is 39.4 Å². The molecule has 8 heteroatoms. The molecule has 0 aliphatic carbocycles. The zero-order chi connectivity index (χ0) is 23.8. The molecule has 5 nitrogen and oxygen atoms in total. The average molecular weight is 452 g/mol. The summed E-state index contributed by atoms with van der Waals surface area (Å²) in [6, 6.07) is 14.7. The monoisotopic (exact) mass is 452 g/mol. The number of nitrogens with zero attached hydrogens (tertiary/aromatic N) is 3. The predicted octanol–water partition coefficient (Wildman–Crippen LogP) is 5.78. The molecular weight excluding hydrogens is 429 g/mol. The third kappa shape index (κ3) is 4.46. The fourth-order valence-corrected chi connectivity index (χ4v) is 3.92. The summed E-state index contributed by atoms with van der Waals surface area (Å²) in [5.74, 6) is -0.465. The van der Waals surface area contributed by atoms with Gasteiger partial charge in [0, 0.05) is 18.3 Å². The van der Waals surface area contributed by atoms with E-state index in [2.05, 4.69) is 15.4 Å². The highest BCUT2D eigenvalue weighted by molar-refractivity contribution is 5.96. The largest absolute Gasteiger partial charge is 0.416 e. The third-order valence-corrected chi connectivity index (χ3v) is 5.42. The maximum Gasteiger partial charge on any atom is 0.416 e. The number of amides is 1. The summed E-state index contributed by atoms with van der Waals surface area (Å²) >= 11 is 0. The summed E-state index contributed by atoms with van der Waals surface area (Å²) in [5.41, 5.74) is 3.95. The van der Waals surface area contributed by atoms with Gasteiger partial charge in [-0.15, -0.1) is 0 Å². The van der Waals surface area contributed by atoms with Gasteiger partial charge in [-0.3, -0.25) is 4.79 Å². The number of carbonyl (C=O) groups is 1. The zero-order valence-electron chi connectivity index (χ0n) is 18.4. The van der Waals surface area contributed by atoms with E-state index in [0.29, 0.717) is 22.5 Å². The van der Waals surface area contributed by atoms with Crippen LogP contribution in [0.2, 0.25) is 0 Å². The minimum atomic E-state index is -4.44. The predicted molar refractivity (Wildman–Crippen MR) is 120 cm³/mol. The standard InChI is InChI=1S/C25H23F3N4O/c1-15(2)22-20(24(33)30-13-17-8-7-11-19(12-17)25(26,27)28)14-29-23-21(16(3)31-32(22)23)18-9-5-4-6-10-18/h4-12,14-15H,13H2,1-3H3,(H,30,33). The van der Waals surface area contributed by atoms with Crippen molar-refractivity contribution in [3.8, 4) is 11.1 Å². The Kier molecular flexibility index (Phi) is 5.93. The normalized spacial score (nSPS) is 11.8. The highest BCUT2D eigenvalue weighted by Crippen LogP contribution is 2.31. The second-order valence-corrected chi connectivity index (χ2v) is 8.15. The van der Waals surface area contributed by atoms with Crippen LogP contribution in [0.4, 0.5) is 13.2 Å². The van der Waals surface area contributed by atoms with Crippen LogP contribution < -0.4 is 5.32 Å². The Morgan fingerprint density at radius 1 is 1.09 bits per heavy atom. The van der Waals surface area contributed by atoms with Crippen molar-refractivity contribution in [2.24, 2.45) is 0 Å². The molecule has 0 aliphatic rings. The van der Waals surface area contributed by atoms with Gasteiger partial charge in [-0.1, -0.05) is 56.3 Å². The number of hydrogen-bond donors (Lipinski definition) is 1. The number of benzene rings is 2. The molecule has 0 aliphatic heterocycles. The van der Waals surface area contributed by atoms with Gasteiger partial charge in [0.05, 0.1) is 22.5 Å².